The Morgan fingerprint density at radius 3 is 2.68 bits per heavy atom. The lowest BCUT2D eigenvalue weighted by Gasteiger charge is -2.10. The maximum atomic E-state index is 13.7. The van der Waals surface area contributed by atoms with Crippen LogP contribution in [-0.4, -0.2) is 0 Å². The fraction of sp³-hybridized carbons (Fsp3) is 0.133. The van der Waals surface area contributed by atoms with Crippen molar-refractivity contribution in [2.75, 3.05) is 5.32 Å². The molecule has 0 amide bonds. The fourth-order valence-electron chi connectivity index (χ4n) is 1.78. The van der Waals surface area contributed by atoms with Crippen LogP contribution in [0.5, 0.6) is 0 Å². The van der Waals surface area contributed by atoms with E-state index in [0.717, 1.165) is 15.7 Å². The number of aryl methyl sites for hydroxylation is 1. The van der Waals surface area contributed by atoms with Crippen molar-refractivity contribution < 1.29 is 4.39 Å². The standard InChI is InChI=1S/C15H12BrFN2/c1-10-6-13(16)4-5-15(10)19-9-12-3-2-11(8-18)7-14(12)17/h2-7,19H,9H2,1H3. The van der Waals surface area contributed by atoms with Crippen molar-refractivity contribution >= 4 is 21.6 Å². The number of hydrogen-bond donors (Lipinski definition) is 1. The Morgan fingerprint density at radius 1 is 1.26 bits per heavy atom. The van der Waals surface area contributed by atoms with E-state index in [2.05, 4.69) is 21.2 Å². The van der Waals surface area contributed by atoms with Crippen LogP contribution in [0.2, 0.25) is 0 Å². The number of rotatable bonds is 3. The fourth-order valence-corrected chi connectivity index (χ4v) is 2.25. The Kier molecular flexibility index (Phi) is 4.18. The second kappa shape index (κ2) is 5.85. The van der Waals surface area contributed by atoms with Crippen LogP contribution in [0.25, 0.3) is 0 Å². The van der Waals surface area contributed by atoms with Gasteiger partial charge in [0.1, 0.15) is 5.82 Å². The zero-order valence-electron chi connectivity index (χ0n) is 10.4. The number of anilines is 1. The summed E-state index contributed by atoms with van der Waals surface area (Å²) in [5, 5.41) is 11.9. The van der Waals surface area contributed by atoms with E-state index in [1.807, 2.05) is 31.2 Å². The van der Waals surface area contributed by atoms with Crippen LogP contribution >= 0.6 is 15.9 Å². The normalized spacial score (nSPS) is 10.0. The molecule has 0 unspecified atom stereocenters. The highest BCUT2D eigenvalue weighted by atomic mass is 79.9. The molecule has 0 bridgehead atoms. The van der Waals surface area contributed by atoms with E-state index in [0.29, 0.717) is 17.7 Å². The molecule has 0 aliphatic heterocycles. The molecule has 0 saturated carbocycles. The highest BCUT2D eigenvalue weighted by Gasteiger charge is 2.04. The van der Waals surface area contributed by atoms with Crippen molar-refractivity contribution in [1.29, 1.82) is 5.26 Å². The van der Waals surface area contributed by atoms with Gasteiger partial charge in [-0.05, 0) is 42.8 Å². The molecule has 0 atom stereocenters. The highest BCUT2D eigenvalue weighted by molar-refractivity contribution is 9.10. The topological polar surface area (TPSA) is 35.8 Å². The average Bonchev–Trinajstić information content (AvgIpc) is 2.39. The minimum Gasteiger partial charge on any atom is -0.381 e. The lowest BCUT2D eigenvalue weighted by Crippen LogP contribution is -2.03. The van der Waals surface area contributed by atoms with Gasteiger partial charge in [0.2, 0.25) is 0 Å². The number of benzene rings is 2. The van der Waals surface area contributed by atoms with Gasteiger partial charge >= 0.3 is 0 Å². The summed E-state index contributed by atoms with van der Waals surface area (Å²) in [7, 11) is 0. The Morgan fingerprint density at radius 2 is 2.05 bits per heavy atom. The minimum atomic E-state index is -0.360. The second-order valence-corrected chi connectivity index (χ2v) is 5.15. The molecule has 0 aliphatic carbocycles. The van der Waals surface area contributed by atoms with Gasteiger partial charge in [-0.3, -0.25) is 0 Å². The van der Waals surface area contributed by atoms with Gasteiger partial charge in [0.05, 0.1) is 11.6 Å². The van der Waals surface area contributed by atoms with E-state index in [-0.39, 0.29) is 5.82 Å². The van der Waals surface area contributed by atoms with E-state index in [1.165, 1.54) is 6.07 Å². The molecule has 1 N–H and O–H groups in total. The first-order chi connectivity index (χ1) is 9.10. The van der Waals surface area contributed by atoms with E-state index in [1.54, 1.807) is 12.1 Å². The van der Waals surface area contributed by atoms with Crippen LogP contribution in [0.4, 0.5) is 10.1 Å². The summed E-state index contributed by atoms with van der Waals surface area (Å²) in [5.74, 6) is -0.360. The first-order valence-electron chi connectivity index (χ1n) is 5.78. The van der Waals surface area contributed by atoms with Crippen LogP contribution in [0, 0.1) is 24.1 Å². The molecule has 0 heterocycles. The van der Waals surface area contributed by atoms with Gasteiger partial charge in [-0.2, -0.15) is 5.26 Å². The van der Waals surface area contributed by atoms with Crippen molar-refractivity contribution in [2.45, 2.75) is 13.5 Å². The molecule has 0 aliphatic rings. The quantitative estimate of drug-likeness (QED) is 0.911. The van der Waals surface area contributed by atoms with Crippen molar-refractivity contribution in [3.05, 3.63) is 63.4 Å². The van der Waals surface area contributed by atoms with E-state index < -0.39 is 0 Å². The zero-order valence-corrected chi connectivity index (χ0v) is 12.0. The summed E-state index contributed by atoms with van der Waals surface area (Å²) in [6, 6.07) is 12.3. The predicted octanol–water partition coefficient (Wildman–Crippen LogP) is 4.38. The van der Waals surface area contributed by atoms with E-state index >= 15 is 0 Å². The van der Waals surface area contributed by atoms with Gasteiger partial charge in [-0.1, -0.05) is 22.0 Å². The van der Waals surface area contributed by atoms with E-state index in [9.17, 15) is 4.39 Å². The Bertz CT molecular complexity index is 647. The van der Waals surface area contributed by atoms with Crippen molar-refractivity contribution in [3.63, 3.8) is 0 Å². The highest BCUT2D eigenvalue weighted by Crippen LogP contribution is 2.21. The van der Waals surface area contributed by atoms with E-state index in [4.69, 9.17) is 5.26 Å². The number of nitriles is 1. The van der Waals surface area contributed by atoms with Gasteiger partial charge in [-0.25, -0.2) is 4.39 Å². The summed E-state index contributed by atoms with van der Waals surface area (Å²) >= 11 is 3.40. The van der Waals surface area contributed by atoms with Gasteiger partial charge in [0, 0.05) is 22.3 Å². The molecule has 2 aromatic carbocycles. The van der Waals surface area contributed by atoms with Crippen LogP contribution in [-0.2, 0) is 6.54 Å². The molecule has 2 nitrogen and oxygen atoms in total. The molecular weight excluding hydrogens is 307 g/mol. The van der Waals surface area contributed by atoms with Gasteiger partial charge in [-0.15, -0.1) is 0 Å². The number of halogens is 2. The van der Waals surface area contributed by atoms with Crippen LogP contribution in [0.3, 0.4) is 0 Å². The molecule has 0 aromatic heterocycles. The molecule has 19 heavy (non-hydrogen) atoms. The molecule has 0 saturated heterocycles. The van der Waals surface area contributed by atoms with Gasteiger partial charge in [0.25, 0.3) is 0 Å². The smallest absolute Gasteiger partial charge is 0.129 e. The Labute approximate surface area is 120 Å². The third-order valence-electron chi connectivity index (χ3n) is 2.84. The SMILES string of the molecule is Cc1cc(Br)ccc1NCc1ccc(C#N)cc1F. The summed E-state index contributed by atoms with van der Waals surface area (Å²) < 4.78 is 14.7. The third kappa shape index (κ3) is 3.33. The molecule has 2 aromatic rings. The maximum absolute atomic E-state index is 13.7. The molecule has 0 fully saturated rings. The zero-order chi connectivity index (χ0) is 13.8. The predicted molar refractivity (Wildman–Crippen MR) is 77.3 cm³/mol. The van der Waals surface area contributed by atoms with Gasteiger partial charge in [0.15, 0.2) is 0 Å². The number of hydrogen-bond acceptors (Lipinski definition) is 2. The molecule has 2 rings (SSSR count). The van der Waals surface area contributed by atoms with Crippen molar-refractivity contribution in [1.82, 2.24) is 0 Å². The molecular formula is C15H12BrFN2. The van der Waals surface area contributed by atoms with Crippen molar-refractivity contribution in [2.24, 2.45) is 0 Å². The lowest BCUT2D eigenvalue weighted by molar-refractivity contribution is 0.612. The molecule has 0 spiro atoms. The summed E-state index contributed by atoms with van der Waals surface area (Å²) in [6.45, 7) is 2.38. The Balaban J connectivity index is 2.13. The largest absolute Gasteiger partial charge is 0.381 e. The molecule has 0 radical (unpaired) electrons. The maximum Gasteiger partial charge on any atom is 0.129 e. The summed E-state index contributed by atoms with van der Waals surface area (Å²) in [4.78, 5) is 0. The lowest BCUT2D eigenvalue weighted by atomic mass is 10.1. The van der Waals surface area contributed by atoms with Gasteiger partial charge < -0.3 is 5.32 Å². The monoisotopic (exact) mass is 318 g/mol. The number of nitrogens with one attached hydrogen (secondary N) is 1. The van der Waals surface area contributed by atoms with Crippen molar-refractivity contribution in [3.8, 4) is 6.07 Å². The first kappa shape index (κ1) is 13.6. The molecule has 4 heteroatoms. The van der Waals surface area contributed by atoms with Crippen LogP contribution in [0.15, 0.2) is 40.9 Å². The van der Waals surface area contributed by atoms with Crippen LogP contribution in [0.1, 0.15) is 16.7 Å². The second-order valence-electron chi connectivity index (χ2n) is 4.23. The third-order valence-corrected chi connectivity index (χ3v) is 3.33. The number of nitrogens with zero attached hydrogens (tertiary/aromatic N) is 1. The summed E-state index contributed by atoms with van der Waals surface area (Å²) in [6.07, 6.45) is 0. The first-order valence-corrected chi connectivity index (χ1v) is 6.58. The average molecular weight is 319 g/mol. The minimum absolute atomic E-state index is 0.334. The summed E-state index contributed by atoms with van der Waals surface area (Å²) in [5.41, 5.74) is 2.93. The van der Waals surface area contributed by atoms with Crippen LogP contribution < -0.4 is 5.32 Å². The Hall–Kier alpha value is -1.86. The molecule has 96 valence electrons.